The fraction of sp³-hybridized carbons (Fsp3) is 0.833. The summed E-state index contributed by atoms with van der Waals surface area (Å²) in [6.07, 6.45) is 1.35. The SMILES string of the molecule is CC(C)C[C@H](NC(=O)NC1CCN(C)C1)C(=O)O. The van der Waals surface area contributed by atoms with E-state index in [0.29, 0.717) is 6.42 Å². The van der Waals surface area contributed by atoms with Gasteiger partial charge in [-0.15, -0.1) is 0 Å². The van der Waals surface area contributed by atoms with E-state index >= 15 is 0 Å². The van der Waals surface area contributed by atoms with Crippen LogP contribution < -0.4 is 10.6 Å². The first-order valence-electron chi connectivity index (χ1n) is 6.37. The zero-order chi connectivity index (χ0) is 13.7. The number of carboxylic acid groups (broad SMARTS) is 1. The minimum Gasteiger partial charge on any atom is -0.480 e. The third-order valence-electron chi connectivity index (χ3n) is 3.04. The zero-order valence-corrected chi connectivity index (χ0v) is 11.3. The van der Waals surface area contributed by atoms with Crippen molar-refractivity contribution in [3.63, 3.8) is 0 Å². The molecule has 1 rings (SSSR count). The third kappa shape index (κ3) is 4.91. The van der Waals surface area contributed by atoms with Crippen LogP contribution in [0.2, 0.25) is 0 Å². The number of hydrogen-bond acceptors (Lipinski definition) is 3. The number of carboxylic acids is 1. The van der Waals surface area contributed by atoms with Gasteiger partial charge in [0.1, 0.15) is 6.04 Å². The third-order valence-corrected chi connectivity index (χ3v) is 3.04. The lowest BCUT2D eigenvalue weighted by atomic mass is 10.0. The van der Waals surface area contributed by atoms with Gasteiger partial charge in [0.05, 0.1) is 0 Å². The molecular formula is C12H23N3O3. The number of likely N-dealkylation sites (tertiary alicyclic amines) is 1. The van der Waals surface area contributed by atoms with Crippen LogP contribution in [0.1, 0.15) is 26.7 Å². The largest absolute Gasteiger partial charge is 0.480 e. The van der Waals surface area contributed by atoms with Crippen LogP contribution in [0.15, 0.2) is 0 Å². The monoisotopic (exact) mass is 257 g/mol. The molecule has 18 heavy (non-hydrogen) atoms. The fourth-order valence-corrected chi connectivity index (χ4v) is 2.13. The summed E-state index contributed by atoms with van der Waals surface area (Å²) in [5, 5.41) is 14.4. The topological polar surface area (TPSA) is 81.7 Å². The lowest BCUT2D eigenvalue weighted by Gasteiger charge is -2.19. The summed E-state index contributed by atoms with van der Waals surface area (Å²) in [6.45, 7) is 5.64. The molecular weight excluding hydrogens is 234 g/mol. The second-order valence-corrected chi connectivity index (χ2v) is 5.39. The number of aliphatic carboxylic acids is 1. The van der Waals surface area contributed by atoms with Crippen molar-refractivity contribution in [1.82, 2.24) is 15.5 Å². The minimum absolute atomic E-state index is 0.114. The van der Waals surface area contributed by atoms with Gasteiger partial charge >= 0.3 is 12.0 Å². The second-order valence-electron chi connectivity index (χ2n) is 5.39. The van der Waals surface area contributed by atoms with Crippen LogP contribution in [0.5, 0.6) is 0 Å². The van der Waals surface area contributed by atoms with Gasteiger partial charge in [-0.1, -0.05) is 13.8 Å². The van der Waals surface area contributed by atoms with E-state index in [1.807, 2.05) is 20.9 Å². The molecule has 1 aliphatic rings. The molecule has 0 aromatic heterocycles. The van der Waals surface area contributed by atoms with Crippen LogP contribution >= 0.6 is 0 Å². The molecule has 1 unspecified atom stereocenters. The predicted octanol–water partition coefficient (Wildman–Crippen LogP) is 0.489. The average Bonchev–Trinajstić information content (AvgIpc) is 2.62. The van der Waals surface area contributed by atoms with Crippen LogP contribution in [0, 0.1) is 5.92 Å². The Hall–Kier alpha value is -1.30. The van der Waals surface area contributed by atoms with Crippen LogP contribution in [0.3, 0.4) is 0 Å². The number of carbonyl (C=O) groups is 2. The van der Waals surface area contributed by atoms with E-state index in [4.69, 9.17) is 5.11 Å². The Labute approximate surface area is 108 Å². The van der Waals surface area contributed by atoms with Gasteiger partial charge in [-0.05, 0) is 32.4 Å². The first-order chi connectivity index (χ1) is 8.38. The van der Waals surface area contributed by atoms with E-state index < -0.39 is 12.0 Å². The van der Waals surface area contributed by atoms with Gasteiger partial charge < -0.3 is 20.6 Å². The van der Waals surface area contributed by atoms with Gasteiger partial charge in [-0.25, -0.2) is 9.59 Å². The van der Waals surface area contributed by atoms with Crippen molar-refractivity contribution in [2.75, 3.05) is 20.1 Å². The lowest BCUT2D eigenvalue weighted by molar-refractivity contribution is -0.139. The van der Waals surface area contributed by atoms with E-state index in [0.717, 1.165) is 19.5 Å². The molecule has 0 radical (unpaired) electrons. The molecule has 2 atom stereocenters. The Kier molecular flexibility index (Phi) is 5.40. The van der Waals surface area contributed by atoms with Crippen LogP contribution in [-0.4, -0.2) is 54.2 Å². The average molecular weight is 257 g/mol. The van der Waals surface area contributed by atoms with Crippen molar-refractivity contribution in [1.29, 1.82) is 0 Å². The van der Waals surface area contributed by atoms with Crippen molar-refractivity contribution >= 4 is 12.0 Å². The summed E-state index contributed by atoms with van der Waals surface area (Å²) in [5.41, 5.74) is 0. The number of nitrogens with zero attached hydrogens (tertiary/aromatic N) is 1. The van der Waals surface area contributed by atoms with Gasteiger partial charge in [0.25, 0.3) is 0 Å². The summed E-state index contributed by atoms with van der Waals surface area (Å²) in [7, 11) is 2.00. The highest BCUT2D eigenvalue weighted by molar-refractivity contribution is 5.82. The number of amides is 2. The molecule has 1 fully saturated rings. The Bertz CT molecular complexity index is 307. The normalized spacial score (nSPS) is 21.9. The van der Waals surface area contributed by atoms with Gasteiger partial charge in [-0.3, -0.25) is 0 Å². The molecule has 1 heterocycles. The molecule has 1 saturated heterocycles. The van der Waals surface area contributed by atoms with Gasteiger partial charge in [0.2, 0.25) is 0 Å². The summed E-state index contributed by atoms with van der Waals surface area (Å²) in [5.74, 6) is -0.758. The maximum atomic E-state index is 11.7. The number of hydrogen-bond donors (Lipinski definition) is 3. The smallest absolute Gasteiger partial charge is 0.326 e. The summed E-state index contributed by atoms with van der Waals surface area (Å²) >= 11 is 0. The maximum Gasteiger partial charge on any atom is 0.326 e. The first-order valence-corrected chi connectivity index (χ1v) is 6.37. The summed E-state index contributed by atoms with van der Waals surface area (Å²) in [4.78, 5) is 24.8. The molecule has 0 aromatic rings. The van der Waals surface area contributed by atoms with Crippen LogP contribution in [-0.2, 0) is 4.79 Å². The molecule has 1 aliphatic heterocycles. The van der Waals surface area contributed by atoms with Crippen molar-refractivity contribution in [2.24, 2.45) is 5.92 Å². The van der Waals surface area contributed by atoms with Crippen molar-refractivity contribution in [3.05, 3.63) is 0 Å². The molecule has 2 amide bonds. The van der Waals surface area contributed by atoms with E-state index in [9.17, 15) is 9.59 Å². The Balaban J connectivity index is 2.39. The molecule has 0 aromatic carbocycles. The summed E-state index contributed by atoms with van der Waals surface area (Å²) in [6, 6.07) is -1.09. The fourth-order valence-electron chi connectivity index (χ4n) is 2.13. The molecule has 0 saturated carbocycles. The van der Waals surface area contributed by atoms with E-state index in [-0.39, 0.29) is 18.0 Å². The molecule has 104 valence electrons. The van der Waals surface area contributed by atoms with Gasteiger partial charge in [-0.2, -0.15) is 0 Å². The lowest BCUT2D eigenvalue weighted by Crippen LogP contribution is -2.49. The van der Waals surface area contributed by atoms with E-state index in [2.05, 4.69) is 15.5 Å². The van der Waals surface area contributed by atoms with E-state index in [1.165, 1.54) is 0 Å². The molecule has 0 aliphatic carbocycles. The highest BCUT2D eigenvalue weighted by atomic mass is 16.4. The molecule has 0 bridgehead atoms. The van der Waals surface area contributed by atoms with E-state index in [1.54, 1.807) is 0 Å². The Morgan fingerprint density at radius 3 is 2.56 bits per heavy atom. The number of rotatable bonds is 5. The van der Waals surface area contributed by atoms with Crippen molar-refractivity contribution < 1.29 is 14.7 Å². The van der Waals surface area contributed by atoms with Crippen LogP contribution in [0.25, 0.3) is 0 Å². The molecule has 6 heteroatoms. The molecule has 3 N–H and O–H groups in total. The summed E-state index contributed by atoms with van der Waals surface area (Å²) < 4.78 is 0. The zero-order valence-electron chi connectivity index (χ0n) is 11.3. The first kappa shape index (κ1) is 14.8. The number of nitrogens with one attached hydrogen (secondary N) is 2. The number of urea groups is 1. The van der Waals surface area contributed by atoms with Crippen LogP contribution in [0.4, 0.5) is 4.79 Å². The molecule has 6 nitrogen and oxygen atoms in total. The predicted molar refractivity (Wildman–Crippen MR) is 68.4 cm³/mol. The van der Waals surface area contributed by atoms with Gasteiger partial charge in [0, 0.05) is 12.6 Å². The minimum atomic E-state index is -0.984. The van der Waals surface area contributed by atoms with Crippen molar-refractivity contribution in [3.8, 4) is 0 Å². The highest BCUT2D eigenvalue weighted by Crippen LogP contribution is 2.07. The highest BCUT2D eigenvalue weighted by Gasteiger charge is 2.24. The quantitative estimate of drug-likeness (QED) is 0.669. The Morgan fingerprint density at radius 1 is 1.44 bits per heavy atom. The standard InChI is InChI=1S/C12H23N3O3/c1-8(2)6-10(11(16)17)14-12(18)13-9-4-5-15(3)7-9/h8-10H,4-7H2,1-3H3,(H,16,17)(H2,13,14,18)/t9?,10-/m0/s1. The van der Waals surface area contributed by atoms with Crippen molar-refractivity contribution in [2.45, 2.75) is 38.8 Å². The number of likely N-dealkylation sites (N-methyl/N-ethyl adjacent to an activating group) is 1. The Morgan fingerprint density at radius 2 is 2.11 bits per heavy atom. The molecule has 0 spiro atoms. The second kappa shape index (κ2) is 6.58. The maximum absolute atomic E-state index is 11.7. The number of carbonyl (C=O) groups excluding carboxylic acids is 1. The van der Waals surface area contributed by atoms with Gasteiger partial charge in [0.15, 0.2) is 0 Å².